The van der Waals surface area contributed by atoms with Gasteiger partial charge in [-0.3, -0.25) is 4.79 Å². The summed E-state index contributed by atoms with van der Waals surface area (Å²) < 4.78 is 0. The van der Waals surface area contributed by atoms with Gasteiger partial charge in [0.1, 0.15) is 11.4 Å². The molecule has 0 aliphatic rings. The van der Waals surface area contributed by atoms with Crippen LogP contribution in [0.5, 0.6) is 0 Å². The van der Waals surface area contributed by atoms with Gasteiger partial charge in [-0.1, -0.05) is 84.6 Å². The molecule has 6 heteroatoms. The van der Waals surface area contributed by atoms with Crippen molar-refractivity contribution in [3.8, 4) is 22.5 Å². The van der Waals surface area contributed by atoms with Gasteiger partial charge >= 0.3 is 0 Å². The van der Waals surface area contributed by atoms with Crippen LogP contribution >= 0.6 is 11.8 Å². The first-order valence-electron chi connectivity index (χ1n) is 10.4. The molecule has 32 heavy (non-hydrogen) atoms. The summed E-state index contributed by atoms with van der Waals surface area (Å²) in [6, 6.07) is 25.8. The van der Waals surface area contributed by atoms with Crippen LogP contribution in [-0.4, -0.2) is 26.3 Å². The molecule has 1 atom stereocenters. The summed E-state index contributed by atoms with van der Waals surface area (Å²) in [7, 11) is 0. The lowest BCUT2D eigenvalue weighted by molar-refractivity contribution is -0.115. The predicted molar refractivity (Wildman–Crippen MR) is 131 cm³/mol. The maximum Gasteiger partial charge on any atom is 0.237 e. The molecule has 1 amide bonds. The number of nitrogens with zero attached hydrogens (tertiary/aromatic N) is 3. The van der Waals surface area contributed by atoms with Crippen molar-refractivity contribution in [2.24, 2.45) is 0 Å². The first kappa shape index (κ1) is 21.7. The molecule has 160 valence electrons. The average molecular weight is 441 g/mol. The maximum atomic E-state index is 12.8. The molecular formula is C26H24N4OS. The van der Waals surface area contributed by atoms with Gasteiger partial charge in [0.2, 0.25) is 11.1 Å². The minimum Gasteiger partial charge on any atom is -0.325 e. The molecule has 1 unspecified atom stereocenters. The average Bonchev–Trinajstić information content (AvgIpc) is 2.82. The Bertz CT molecular complexity index is 1230. The van der Waals surface area contributed by atoms with Crippen molar-refractivity contribution in [3.05, 3.63) is 90.0 Å². The summed E-state index contributed by atoms with van der Waals surface area (Å²) in [5, 5.41) is 11.9. The fourth-order valence-corrected chi connectivity index (χ4v) is 3.98. The van der Waals surface area contributed by atoms with E-state index < -0.39 is 0 Å². The Labute approximate surface area is 192 Å². The zero-order chi connectivity index (χ0) is 22.5. The Kier molecular flexibility index (Phi) is 6.61. The zero-order valence-corrected chi connectivity index (χ0v) is 19.1. The van der Waals surface area contributed by atoms with Crippen LogP contribution in [0.3, 0.4) is 0 Å². The lowest BCUT2D eigenvalue weighted by Gasteiger charge is -2.14. The van der Waals surface area contributed by atoms with Gasteiger partial charge < -0.3 is 5.32 Å². The van der Waals surface area contributed by atoms with Gasteiger partial charge in [0, 0.05) is 16.8 Å². The van der Waals surface area contributed by atoms with Crippen LogP contribution in [0.4, 0.5) is 5.69 Å². The number of aryl methyl sites for hydroxylation is 2. The third kappa shape index (κ3) is 5.03. The standard InChI is InChI=1S/C26H24N4OS/c1-17-14-15-18(2)22(16-17)27-25(31)19(3)32-26-28-23(20-10-6-4-7-11-20)24(29-30-26)21-12-8-5-9-13-21/h4-16,19H,1-3H3,(H,27,31). The van der Waals surface area contributed by atoms with E-state index in [2.05, 4.69) is 15.5 Å². The van der Waals surface area contributed by atoms with E-state index in [-0.39, 0.29) is 11.2 Å². The minimum absolute atomic E-state index is 0.0966. The first-order valence-corrected chi connectivity index (χ1v) is 11.3. The molecule has 0 aliphatic heterocycles. The molecule has 1 heterocycles. The molecule has 0 saturated heterocycles. The van der Waals surface area contributed by atoms with Crippen molar-refractivity contribution < 1.29 is 4.79 Å². The van der Waals surface area contributed by atoms with Crippen molar-refractivity contribution >= 4 is 23.4 Å². The van der Waals surface area contributed by atoms with Gasteiger partial charge in [0.25, 0.3) is 0 Å². The Morgan fingerprint density at radius 3 is 2.12 bits per heavy atom. The van der Waals surface area contributed by atoms with E-state index in [0.29, 0.717) is 10.9 Å². The normalized spacial score (nSPS) is 11.7. The second-order valence-corrected chi connectivity index (χ2v) is 8.90. The predicted octanol–water partition coefficient (Wildman–Crippen LogP) is 5.94. The van der Waals surface area contributed by atoms with Crippen molar-refractivity contribution in [1.29, 1.82) is 0 Å². The molecule has 0 saturated carbocycles. The van der Waals surface area contributed by atoms with Gasteiger partial charge in [-0.05, 0) is 38.0 Å². The Hall–Kier alpha value is -3.51. The maximum absolute atomic E-state index is 12.8. The van der Waals surface area contributed by atoms with Crippen LogP contribution in [0, 0.1) is 13.8 Å². The molecule has 5 nitrogen and oxygen atoms in total. The van der Waals surface area contributed by atoms with Gasteiger partial charge in [0.05, 0.1) is 5.25 Å². The van der Waals surface area contributed by atoms with Crippen molar-refractivity contribution in [2.75, 3.05) is 5.32 Å². The van der Waals surface area contributed by atoms with Crippen molar-refractivity contribution in [3.63, 3.8) is 0 Å². The van der Waals surface area contributed by atoms with E-state index in [0.717, 1.165) is 33.6 Å². The second kappa shape index (κ2) is 9.75. The van der Waals surface area contributed by atoms with Crippen LogP contribution in [0.1, 0.15) is 18.1 Å². The number of thioether (sulfide) groups is 1. The fourth-order valence-electron chi connectivity index (χ4n) is 3.27. The van der Waals surface area contributed by atoms with Crippen molar-refractivity contribution in [2.45, 2.75) is 31.2 Å². The fraction of sp³-hybridized carbons (Fsp3) is 0.154. The first-order chi connectivity index (χ1) is 15.5. The third-order valence-electron chi connectivity index (χ3n) is 5.06. The van der Waals surface area contributed by atoms with E-state index in [1.807, 2.05) is 99.6 Å². The zero-order valence-electron chi connectivity index (χ0n) is 18.2. The molecular weight excluding hydrogens is 416 g/mol. The molecule has 4 rings (SSSR count). The van der Waals surface area contributed by atoms with E-state index >= 15 is 0 Å². The lowest BCUT2D eigenvalue weighted by atomic mass is 10.0. The number of benzene rings is 3. The number of anilines is 1. The molecule has 3 aromatic carbocycles. The second-order valence-electron chi connectivity index (χ2n) is 7.59. The molecule has 0 spiro atoms. The summed E-state index contributed by atoms with van der Waals surface area (Å²) in [6.45, 7) is 5.84. The summed E-state index contributed by atoms with van der Waals surface area (Å²) >= 11 is 1.30. The highest BCUT2D eigenvalue weighted by molar-refractivity contribution is 8.00. The number of rotatable bonds is 6. The van der Waals surface area contributed by atoms with E-state index in [4.69, 9.17) is 4.98 Å². The van der Waals surface area contributed by atoms with Crippen LogP contribution < -0.4 is 5.32 Å². The Morgan fingerprint density at radius 2 is 1.47 bits per heavy atom. The van der Waals surface area contributed by atoms with E-state index in [1.54, 1.807) is 0 Å². The third-order valence-corrected chi connectivity index (χ3v) is 6.02. The monoisotopic (exact) mass is 440 g/mol. The Morgan fingerprint density at radius 1 is 0.844 bits per heavy atom. The van der Waals surface area contributed by atoms with E-state index in [1.165, 1.54) is 11.8 Å². The molecule has 4 aromatic rings. The van der Waals surface area contributed by atoms with Crippen LogP contribution in [-0.2, 0) is 4.79 Å². The van der Waals surface area contributed by atoms with Gasteiger partial charge in [0.15, 0.2) is 0 Å². The number of hydrogen-bond acceptors (Lipinski definition) is 5. The number of aromatic nitrogens is 3. The summed E-state index contributed by atoms with van der Waals surface area (Å²) in [5.74, 6) is -0.0966. The number of hydrogen-bond donors (Lipinski definition) is 1. The highest BCUT2D eigenvalue weighted by Crippen LogP contribution is 2.31. The van der Waals surface area contributed by atoms with Crippen LogP contribution in [0.15, 0.2) is 84.0 Å². The van der Waals surface area contributed by atoms with Gasteiger partial charge in [-0.15, -0.1) is 10.2 Å². The number of nitrogens with one attached hydrogen (secondary N) is 1. The van der Waals surface area contributed by atoms with Gasteiger partial charge in [-0.25, -0.2) is 4.98 Å². The molecule has 0 radical (unpaired) electrons. The van der Waals surface area contributed by atoms with Gasteiger partial charge in [-0.2, -0.15) is 0 Å². The molecule has 1 aromatic heterocycles. The number of amides is 1. The topological polar surface area (TPSA) is 67.8 Å². The molecule has 0 fully saturated rings. The number of carbonyl (C=O) groups excluding carboxylic acids is 1. The SMILES string of the molecule is Cc1ccc(C)c(NC(=O)C(C)Sc2nnc(-c3ccccc3)c(-c3ccccc3)n2)c1. The van der Waals surface area contributed by atoms with Crippen molar-refractivity contribution in [1.82, 2.24) is 15.2 Å². The molecule has 0 aliphatic carbocycles. The summed E-state index contributed by atoms with van der Waals surface area (Å²) in [4.78, 5) is 17.6. The quantitative estimate of drug-likeness (QED) is 0.376. The molecule has 0 bridgehead atoms. The van der Waals surface area contributed by atoms with Crippen LogP contribution in [0.25, 0.3) is 22.5 Å². The van der Waals surface area contributed by atoms with Crippen LogP contribution in [0.2, 0.25) is 0 Å². The highest BCUT2D eigenvalue weighted by Gasteiger charge is 2.20. The Balaban J connectivity index is 1.60. The summed E-state index contributed by atoms with van der Waals surface area (Å²) in [5.41, 5.74) is 6.32. The highest BCUT2D eigenvalue weighted by atomic mass is 32.2. The summed E-state index contributed by atoms with van der Waals surface area (Å²) in [6.07, 6.45) is 0. The number of carbonyl (C=O) groups is 1. The minimum atomic E-state index is -0.386. The largest absolute Gasteiger partial charge is 0.325 e. The van der Waals surface area contributed by atoms with E-state index in [9.17, 15) is 4.79 Å². The smallest absolute Gasteiger partial charge is 0.237 e. The molecule has 1 N–H and O–H groups in total. The lowest BCUT2D eigenvalue weighted by Crippen LogP contribution is -2.23.